The maximum Gasteiger partial charge on any atom is 0.311 e. The Morgan fingerprint density at radius 1 is 0.966 bits per heavy atom. The van der Waals surface area contributed by atoms with Gasteiger partial charge in [-0.05, 0) is 39.5 Å². The second-order valence-corrected chi connectivity index (χ2v) is 9.25. The van der Waals surface area contributed by atoms with Crippen LogP contribution in [0.15, 0.2) is 0 Å². The Morgan fingerprint density at radius 3 is 1.97 bits per heavy atom. The van der Waals surface area contributed by atoms with Crippen LogP contribution in [0.5, 0.6) is 0 Å². The van der Waals surface area contributed by atoms with E-state index in [1.807, 2.05) is 0 Å². The highest BCUT2D eigenvalue weighted by atomic mass is 16.6. The van der Waals surface area contributed by atoms with Crippen molar-refractivity contribution in [3.63, 3.8) is 0 Å². The van der Waals surface area contributed by atoms with E-state index in [-0.39, 0.29) is 12.8 Å². The summed E-state index contributed by atoms with van der Waals surface area (Å²) in [4.78, 5) is 25.5. The molecule has 0 spiro atoms. The molecule has 29 heavy (non-hydrogen) atoms. The molecule has 8 nitrogen and oxygen atoms in total. The van der Waals surface area contributed by atoms with Crippen molar-refractivity contribution in [2.45, 2.75) is 96.9 Å². The second-order valence-electron chi connectivity index (χ2n) is 9.25. The fraction of sp³-hybridized carbons (Fsp3) is 0.905. The minimum absolute atomic E-state index is 0.0534. The summed E-state index contributed by atoms with van der Waals surface area (Å²) in [6, 6.07) is 0. The van der Waals surface area contributed by atoms with E-state index in [0.717, 1.165) is 0 Å². The van der Waals surface area contributed by atoms with Crippen LogP contribution in [0.25, 0.3) is 0 Å². The van der Waals surface area contributed by atoms with Crippen LogP contribution < -0.4 is 0 Å². The molecule has 0 saturated carbocycles. The maximum absolute atomic E-state index is 12.9. The molecule has 10 atom stereocenters. The van der Waals surface area contributed by atoms with E-state index in [9.17, 15) is 35.1 Å². The van der Waals surface area contributed by atoms with Crippen LogP contribution >= 0.6 is 0 Å². The summed E-state index contributed by atoms with van der Waals surface area (Å²) in [6.45, 7) is 10.3. The summed E-state index contributed by atoms with van der Waals surface area (Å²) in [7, 11) is 0. The summed E-state index contributed by atoms with van der Waals surface area (Å²) in [5.41, 5.74) is -3.72. The number of hydrogen-bond donors (Lipinski definition) is 5. The molecule has 1 saturated heterocycles. The van der Waals surface area contributed by atoms with Gasteiger partial charge in [-0.1, -0.05) is 27.7 Å². The van der Waals surface area contributed by atoms with Crippen molar-refractivity contribution in [2.75, 3.05) is 0 Å². The van der Waals surface area contributed by atoms with Gasteiger partial charge >= 0.3 is 5.97 Å². The average Bonchev–Trinajstić information content (AvgIpc) is 2.66. The first-order chi connectivity index (χ1) is 13.1. The van der Waals surface area contributed by atoms with E-state index >= 15 is 0 Å². The van der Waals surface area contributed by atoms with E-state index in [2.05, 4.69) is 0 Å². The van der Waals surface area contributed by atoms with E-state index in [1.54, 1.807) is 13.8 Å². The molecule has 1 fully saturated rings. The molecular formula is C21H38O8. The highest BCUT2D eigenvalue weighted by Gasteiger charge is 2.48. The number of ketones is 1. The first-order valence-electron chi connectivity index (χ1n) is 10.3. The zero-order chi connectivity index (χ0) is 22.9. The van der Waals surface area contributed by atoms with Gasteiger partial charge in [0.15, 0.2) is 11.4 Å². The third kappa shape index (κ3) is 5.35. The fourth-order valence-electron chi connectivity index (χ4n) is 4.35. The number of carbonyl (C=O) groups is 2. The molecule has 5 N–H and O–H groups in total. The predicted octanol–water partition coefficient (Wildman–Crippen LogP) is 0.410. The van der Waals surface area contributed by atoms with Crippen LogP contribution in [0, 0.1) is 23.7 Å². The number of Topliss-reactive ketones (excluding diaryl/α,β-unsaturated/α-hetero) is 1. The largest absolute Gasteiger partial charge is 0.459 e. The topological polar surface area (TPSA) is 145 Å². The van der Waals surface area contributed by atoms with Gasteiger partial charge < -0.3 is 30.3 Å². The highest BCUT2D eigenvalue weighted by molar-refractivity contribution is 5.90. The molecule has 0 aromatic heterocycles. The standard InChI is InChI=1S/C21H38O8/c1-8-14-21(7,28)18(25)11(3)15(22)10(2)9-20(6,27)17(24)12(4)16(23)13(5)19(26)29-14/h10-17,22-24,27-28H,8-9H2,1-7H3/t10-,11+,12+,13-,14-,15+,16+,17-,20-,21-/m1/s1. The van der Waals surface area contributed by atoms with Crippen molar-refractivity contribution in [3.05, 3.63) is 0 Å². The van der Waals surface area contributed by atoms with Crippen LogP contribution in [0.2, 0.25) is 0 Å². The number of cyclic esters (lactones) is 1. The molecule has 1 heterocycles. The van der Waals surface area contributed by atoms with Gasteiger partial charge in [0, 0.05) is 11.8 Å². The maximum atomic E-state index is 12.9. The summed E-state index contributed by atoms with van der Waals surface area (Å²) >= 11 is 0. The van der Waals surface area contributed by atoms with E-state index in [1.165, 1.54) is 34.6 Å². The van der Waals surface area contributed by atoms with Crippen molar-refractivity contribution in [1.82, 2.24) is 0 Å². The van der Waals surface area contributed by atoms with Gasteiger partial charge in [0.05, 0.1) is 29.8 Å². The second kappa shape index (κ2) is 9.39. The first kappa shape index (κ1) is 26.0. The van der Waals surface area contributed by atoms with E-state index < -0.39 is 71.0 Å². The van der Waals surface area contributed by atoms with Crippen LogP contribution in [0.3, 0.4) is 0 Å². The van der Waals surface area contributed by atoms with Gasteiger partial charge in [0.25, 0.3) is 0 Å². The molecular weight excluding hydrogens is 380 g/mol. The van der Waals surface area contributed by atoms with Crippen LogP contribution in [0.1, 0.15) is 61.3 Å². The monoisotopic (exact) mass is 418 g/mol. The molecule has 1 rings (SSSR count). The molecule has 0 aromatic carbocycles. The Balaban J connectivity index is 3.42. The lowest BCUT2D eigenvalue weighted by atomic mass is 9.74. The summed E-state index contributed by atoms with van der Waals surface area (Å²) in [5, 5.41) is 53.5. The lowest BCUT2D eigenvalue weighted by molar-refractivity contribution is -0.184. The van der Waals surface area contributed by atoms with Crippen molar-refractivity contribution in [3.8, 4) is 0 Å². The predicted molar refractivity (Wildman–Crippen MR) is 106 cm³/mol. The SMILES string of the molecule is CC[C@H]1OC(=O)[C@H](C)[C@@H](O)[C@H](C)[C@@H](O)[C@](C)(O)C[C@@H](C)[C@H](O)[C@H](C)C(=O)[C@]1(C)O. The van der Waals surface area contributed by atoms with E-state index in [0.29, 0.717) is 0 Å². The molecule has 8 heteroatoms. The zero-order valence-electron chi connectivity index (χ0n) is 18.5. The quantitative estimate of drug-likeness (QED) is 0.385. The first-order valence-corrected chi connectivity index (χ1v) is 10.3. The molecule has 1 aliphatic heterocycles. The lowest BCUT2D eigenvalue weighted by Gasteiger charge is -2.41. The molecule has 0 aromatic rings. The number of ether oxygens (including phenoxy) is 1. The molecule has 0 aliphatic carbocycles. The normalized spacial score (nSPS) is 48.7. The Labute approximate surface area is 172 Å². The third-order valence-electron chi connectivity index (χ3n) is 6.56. The van der Waals surface area contributed by atoms with Gasteiger partial charge in [0.2, 0.25) is 0 Å². The van der Waals surface area contributed by atoms with Crippen molar-refractivity contribution < 1.29 is 39.9 Å². The summed E-state index contributed by atoms with van der Waals surface area (Å²) in [5.74, 6) is -5.03. The number of rotatable bonds is 1. The highest BCUT2D eigenvalue weighted by Crippen LogP contribution is 2.34. The molecule has 0 bridgehead atoms. The van der Waals surface area contributed by atoms with Gasteiger partial charge in [-0.15, -0.1) is 0 Å². The average molecular weight is 419 g/mol. The lowest BCUT2D eigenvalue weighted by Crippen LogP contribution is -2.56. The van der Waals surface area contributed by atoms with Crippen LogP contribution in [-0.4, -0.2) is 72.9 Å². The Hall–Kier alpha value is -1.06. The molecule has 0 unspecified atom stereocenters. The summed E-state index contributed by atoms with van der Waals surface area (Å²) in [6.07, 6.45) is -4.98. The van der Waals surface area contributed by atoms with Crippen LogP contribution in [-0.2, 0) is 14.3 Å². The number of carbonyl (C=O) groups excluding carboxylic acids is 2. The van der Waals surface area contributed by atoms with Crippen LogP contribution in [0.4, 0.5) is 0 Å². The number of esters is 1. The molecule has 170 valence electrons. The third-order valence-corrected chi connectivity index (χ3v) is 6.56. The Kier molecular flexibility index (Phi) is 8.41. The number of aliphatic hydroxyl groups excluding tert-OH is 3. The van der Waals surface area contributed by atoms with Crippen molar-refractivity contribution in [2.24, 2.45) is 23.7 Å². The van der Waals surface area contributed by atoms with Gasteiger partial charge in [-0.2, -0.15) is 0 Å². The minimum Gasteiger partial charge on any atom is -0.459 e. The molecule has 0 amide bonds. The Bertz CT molecular complexity index is 587. The zero-order valence-corrected chi connectivity index (χ0v) is 18.5. The number of aliphatic hydroxyl groups is 5. The van der Waals surface area contributed by atoms with Gasteiger partial charge in [-0.3, -0.25) is 9.59 Å². The summed E-state index contributed by atoms with van der Waals surface area (Å²) < 4.78 is 5.36. The van der Waals surface area contributed by atoms with Gasteiger partial charge in [0.1, 0.15) is 6.10 Å². The fourth-order valence-corrected chi connectivity index (χ4v) is 4.35. The molecule has 1 aliphatic rings. The smallest absolute Gasteiger partial charge is 0.311 e. The Morgan fingerprint density at radius 2 is 1.48 bits per heavy atom. The minimum atomic E-state index is -2.03. The van der Waals surface area contributed by atoms with Gasteiger partial charge in [-0.25, -0.2) is 0 Å². The molecule has 0 radical (unpaired) electrons. The van der Waals surface area contributed by atoms with Crippen molar-refractivity contribution >= 4 is 11.8 Å². The number of hydrogen-bond acceptors (Lipinski definition) is 8. The van der Waals surface area contributed by atoms with Crippen molar-refractivity contribution in [1.29, 1.82) is 0 Å². The van der Waals surface area contributed by atoms with E-state index in [4.69, 9.17) is 4.74 Å².